The van der Waals surface area contributed by atoms with Crippen molar-refractivity contribution in [2.75, 3.05) is 14.2 Å². The smallest absolute Gasteiger partial charge is 0.297 e. The molecular formula is C18H21FN4O4S. The van der Waals surface area contributed by atoms with Crippen molar-refractivity contribution in [2.45, 2.75) is 37.5 Å². The molecule has 10 heteroatoms. The lowest BCUT2D eigenvalue weighted by molar-refractivity contribution is 0.0941. The molecule has 1 aromatic heterocycles. The van der Waals surface area contributed by atoms with Crippen LogP contribution < -0.4 is 10.9 Å². The van der Waals surface area contributed by atoms with Gasteiger partial charge in [-0.05, 0) is 38.6 Å². The van der Waals surface area contributed by atoms with Gasteiger partial charge in [-0.25, -0.2) is 9.37 Å². The van der Waals surface area contributed by atoms with E-state index in [1.54, 1.807) is 0 Å². The van der Waals surface area contributed by atoms with Gasteiger partial charge in [0.15, 0.2) is 5.69 Å². The highest BCUT2D eigenvalue weighted by Crippen LogP contribution is 2.31. The number of hydrogen-bond acceptors (Lipinski definition) is 7. The standard InChI is InChI=1S/C18H21FN4O4S/c1-18(2)17-21-13(14(24)16(26)23(17)9-22(18)3)15(25)20-8-10-5-6-11(19)7-12(10)28-27-4/h5-7,24H,8-9H2,1-4H3,(H,20,25). The molecule has 0 atom stereocenters. The average molecular weight is 408 g/mol. The fraction of sp³-hybridized carbons (Fsp3) is 0.389. The van der Waals surface area contributed by atoms with E-state index in [0.29, 0.717) is 16.3 Å². The molecule has 0 saturated carbocycles. The first-order valence-electron chi connectivity index (χ1n) is 8.49. The third-order valence-corrected chi connectivity index (χ3v) is 5.58. The zero-order valence-electron chi connectivity index (χ0n) is 15.9. The van der Waals surface area contributed by atoms with Gasteiger partial charge >= 0.3 is 0 Å². The van der Waals surface area contributed by atoms with Gasteiger partial charge in [0.05, 0.1) is 19.3 Å². The second-order valence-corrected chi connectivity index (χ2v) is 7.89. The topological polar surface area (TPSA) is 96.7 Å². The number of halogens is 1. The second-order valence-electron chi connectivity index (χ2n) is 6.95. The molecule has 2 aromatic rings. The van der Waals surface area contributed by atoms with E-state index in [4.69, 9.17) is 4.18 Å². The van der Waals surface area contributed by atoms with E-state index in [0.717, 1.165) is 12.0 Å². The van der Waals surface area contributed by atoms with Gasteiger partial charge in [0.1, 0.15) is 11.6 Å². The molecule has 0 spiro atoms. The summed E-state index contributed by atoms with van der Waals surface area (Å²) in [4.78, 5) is 31.8. The molecule has 0 fully saturated rings. The van der Waals surface area contributed by atoms with Crippen LogP contribution in [0.5, 0.6) is 5.75 Å². The summed E-state index contributed by atoms with van der Waals surface area (Å²) < 4.78 is 19.7. The maximum absolute atomic E-state index is 13.4. The molecular weight excluding hydrogens is 387 g/mol. The van der Waals surface area contributed by atoms with Crippen molar-refractivity contribution in [3.8, 4) is 5.75 Å². The monoisotopic (exact) mass is 408 g/mol. The molecule has 8 nitrogen and oxygen atoms in total. The van der Waals surface area contributed by atoms with E-state index in [1.165, 1.54) is 29.9 Å². The second kappa shape index (κ2) is 7.53. The van der Waals surface area contributed by atoms with Gasteiger partial charge in [0.25, 0.3) is 11.5 Å². The number of carbonyl (C=O) groups excluding carboxylic acids is 1. The molecule has 3 rings (SSSR count). The summed E-state index contributed by atoms with van der Waals surface area (Å²) in [6.45, 7) is 4.08. The van der Waals surface area contributed by atoms with Crippen molar-refractivity contribution < 1.29 is 18.5 Å². The van der Waals surface area contributed by atoms with Gasteiger partial charge in [0.2, 0.25) is 5.75 Å². The van der Waals surface area contributed by atoms with E-state index in [1.807, 2.05) is 25.8 Å². The minimum absolute atomic E-state index is 0.0492. The summed E-state index contributed by atoms with van der Waals surface area (Å²) in [5.74, 6) is -1.41. The van der Waals surface area contributed by atoms with E-state index >= 15 is 0 Å². The Morgan fingerprint density at radius 3 is 2.86 bits per heavy atom. The van der Waals surface area contributed by atoms with Crippen LogP contribution >= 0.6 is 12.0 Å². The number of hydrogen-bond donors (Lipinski definition) is 2. The van der Waals surface area contributed by atoms with Crippen LogP contribution in [-0.4, -0.2) is 39.6 Å². The van der Waals surface area contributed by atoms with E-state index in [-0.39, 0.29) is 18.9 Å². The van der Waals surface area contributed by atoms with Crippen LogP contribution in [0.1, 0.15) is 35.7 Å². The van der Waals surface area contributed by atoms with Crippen LogP contribution in [-0.2, 0) is 22.9 Å². The quantitative estimate of drug-likeness (QED) is 0.729. The number of aromatic nitrogens is 2. The van der Waals surface area contributed by atoms with Crippen LogP contribution in [0.4, 0.5) is 4.39 Å². The predicted octanol–water partition coefficient (Wildman–Crippen LogP) is 1.81. The van der Waals surface area contributed by atoms with Crippen molar-refractivity contribution in [1.29, 1.82) is 0 Å². The Balaban J connectivity index is 1.88. The van der Waals surface area contributed by atoms with Crippen LogP contribution in [0.2, 0.25) is 0 Å². The van der Waals surface area contributed by atoms with Crippen LogP contribution in [0.3, 0.4) is 0 Å². The molecule has 2 heterocycles. The first-order chi connectivity index (χ1) is 13.2. The third-order valence-electron chi connectivity index (χ3n) is 4.86. The zero-order chi connectivity index (χ0) is 20.6. The van der Waals surface area contributed by atoms with E-state index in [9.17, 15) is 19.1 Å². The largest absolute Gasteiger partial charge is 0.501 e. The van der Waals surface area contributed by atoms with Gasteiger partial charge in [-0.2, -0.15) is 0 Å². The van der Waals surface area contributed by atoms with E-state index in [2.05, 4.69) is 10.3 Å². The molecule has 0 radical (unpaired) electrons. The predicted molar refractivity (Wildman–Crippen MR) is 101 cm³/mol. The van der Waals surface area contributed by atoms with Gasteiger partial charge in [-0.3, -0.25) is 19.1 Å². The molecule has 0 bridgehead atoms. The molecule has 2 N–H and O–H groups in total. The summed E-state index contributed by atoms with van der Waals surface area (Å²) in [5.41, 5.74) is -0.937. The minimum atomic E-state index is -0.696. The van der Waals surface area contributed by atoms with Gasteiger partial charge in [-0.1, -0.05) is 6.07 Å². The molecule has 0 aliphatic carbocycles. The SMILES string of the molecule is COSc1cc(F)ccc1CNC(=O)c1nc2n(c(=O)c1O)CN(C)C2(C)C. The summed E-state index contributed by atoms with van der Waals surface area (Å²) in [7, 11) is 3.28. The van der Waals surface area contributed by atoms with Crippen molar-refractivity contribution in [2.24, 2.45) is 0 Å². The molecule has 1 aliphatic heterocycles. The number of amides is 1. The lowest BCUT2D eigenvalue weighted by Gasteiger charge is -2.25. The molecule has 1 amide bonds. The number of aromatic hydroxyl groups is 1. The number of fused-ring (bicyclic) bond motifs is 1. The number of nitrogens with zero attached hydrogens (tertiary/aromatic N) is 3. The summed E-state index contributed by atoms with van der Waals surface area (Å²) in [5, 5.41) is 12.8. The minimum Gasteiger partial charge on any atom is -0.501 e. The highest BCUT2D eigenvalue weighted by Gasteiger charge is 2.39. The Kier molecular flexibility index (Phi) is 5.46. The Hall–Kier alpha value is -2.43. The molecule has 0 unspecified atom stereocenters. The van der Waals surface area contributed by atoms with Crippen LogP contribution in [0.25, 0.3) is 0 Å². The lowest BCUT2D eigenvalue weighted by Crippen LogP contribution is -2.33. The number of benzene rings is 1. The molecule has 1 aliphatic rings. The normalized spacial score (nSPS) is 15.5. The highest BCUT2D eigenvalue weighted by molar-refractivity contribution is 7.94. The lowest BCUT2D eigenvalue weighted by atomic mass is 10.0. The number of carbonyl (C=O) groups is 1. The van der Waals surface area contributed by atoms with Crippen molar-refractivity contribution in [1.82, 2.24) is 19.8 Å². The van der Waals surface area contributed by atoms with Crippen molar-refractivity contribution in [3.05, 3.63) is 51.5 Å². The summed E-state index contributed by atoms with van der Waals surface area (Å²) in [6, 6.07) is 4.10. The van der Waals surface area contributed by atoms with Crippen LogP contribution in [0, 0.1) is 5.82 Å². The van der Waals surface area contributed by atoms with Gasteiger partial charge < -0.3 is 14.6 Å². The highest BCUT2D eigenvalue weighted by atomic mass is 32.2. The fourth-order valence-corrected chi connectivity index (χ4v) is 3.55. The van der Waals surface area contributed by atoms with Crippen molar-refractivity contribution in [3.63, 3.8) is 0 Å². The van der Waals surface area contributed by atoms with Crippen molar-refractivity contribution >= 4 is 17.9 Å². The Morgan fingerprint density at radius 2 is 2.18 bits per heavy atom. The molecule has 28 heavy (non-hydrogen) atoms. The zero-order valence-corrected chi connectivity index (χ0v) is 16.8. The summed E-state index contributed by atoms with van der Waals surface area (Å²) >= 11 is 0.970. The number of rotatable bonds is 5. The van der Waals surface area contributed by atoms with E-state index < -0.39 is 28.6 Å². The molecule has 150 valence electrons. The Morgan fingerprint density at radius 1 is 1.46 bits per heavy atom. The Labute approximate surface area is 165 Å². The number of nitrogens with one attached hydrogen (secondary N) is 1. The van der Waals surface area contributed by atoms with Gasteiger partial charge in [0, 0.05) is 23.5 Å². The molecule has 0 saturated heterocycles. The fourth-order valence-electron chi connectivity index (χ4n) is 2.96. The third kappa shape index (κ3) is 3.50. The first kappa shape index (κ1) is 20.3. The maximum atomic E-state index is 13.4. The molecule has 1 aromatic carbocycles. The van der Waals surface area contributed by atoms with Crippen LogP contribution in [0.15, 0.2) is 27.9 Å². The van der Waals surface area contributed by atoms with Gasteiger partial charge in [-0.15, -0.1) is 0 Å². The first-order valence-corrected chi connectivity index (χ1v) is 9.23. The summed E-state index contributed by atoms with van der Waals surface area (Å²) in [6.07, 6.45) is 0. The maximum Gasteiger partial charge on any atom is 0.297 e. The Bertz CT molecular complexity index is 992. The average Bonchev–Trinajstić information content (AvgIpc) is 2.87.